The fraction of sp³-hybridized carbons (Fsp3) is 0.0455. The molecule has 0 fully saturated rings. The van der Waals surface area contributed by atoms with Crippen LogP contribution < -0.4 is 0 Å². The number of para-hydroxylation sites is 2. The van der Waals surface area contributed by atoms with Crippen LogP contribution in [0.5, 0.6) is 0 Å². The molecule has 5 aromatic rings. The monoisotopic (exact) mass is 308 g/mol. The zero-order chi connectivity index (χ0) is 16.1. The van der Waals surface area contributed by atoms with Gasteiger partial charge in [-0.15, -0.1) is 0 Å². The number of H-pyrrole nitrogens is 1. The van der Waals surface area contributed by atoms with Gasteiger partial charge in [0, 0.05) is 27.2 Å². The van der Waals surface area contributed by atoms with Gasteiger partial charge in [-0.25, -0.2) is 4.98 Å². The molecule has 0 radical (unpaired) electrons. The van der Waals surface area contributed by atoms with Gasteiger partial charge in [-0.3, -0.25) is 0 Å². The minimum absolute atomic E-state index is 1.02. The van der Waals surface area contributed by atoms with Gasteiger partial charge in [0.1, 0.15) is 0 Å². The molecule has 0 amide bonds. The van der Waals surface area contributed by atoms with Gasteiger partial charge in [-0.1, -0.05) is 66.2 Å². The minimum Gasteiger partial charge on any atom is -0.354 e. The molecule has 2 heterocycles. The van der Waals surface area contributed by atoms with Gasteiger partial charge >= 0.3 is 0 Å². The molecular weight excluding hydrogens is 292 g/mol. The molecule has 114 valence electrons. The van der Waals surface area contributed by atoms with E-state index < -0.39 is 0 Å². The van der Waals surface area contributed by atoms with E-state index in [-0.39, 0.29) is 0 Å². The van der Waals surface area contributed by atoms with Gasteiger partial charge in [0.2, 0.25) is 0 Å². The molecule has 2 nitrogen and oxygen atoms in total. The van der Waals surface area contributed by atoms with Crippen molar-refractivity contribution in [1.29, 1.82) is 0 Å². The first kappa shape index (κ1) is 13.3. The molecular formula is C22H16N2. The highest BCUT2D eigenvalue weighted by atomic mass is 14.8. The van der Waals surface area contributed by atoms with Crippen molar-refractivity contribution in [2.75, 3.05) is 0 Å². The fourth-order valence-electron chi connectivity index (χ4n) is 3.47. The van der Waals surface area contributed by atoms with E-state index in [2.05, 4.69) is 78.6 Å². The van der Waals surface area contributed by atoms with Crippen LogP contribution in [-0.4, -0.2) is 9.97 Å². The van der Waals surface area contributed by atoms with Crippen molar-refractivity contribution in [2.24, 2.45) is 0 Å². The quantitative estimate of drug-likeness (QED) is 0.414. The van der Waals surface area contributed by atoms with Gasteiger partial charge < -0.3 is 4.98 Å². The normalized spacial score (nSPS) is 11.5. The lowest BCUT2D eigenvalue weighted by molar-refractivity contribution is 1.41. The molecule has 0 aliphatic rings. The highest BCUT2D eigenvalue weighted by molar-refractivity contribution is 6.20. The van der Waals surface area contributed by atoms with Crippen molar-refractivity contribution in [3.05, 3.63) is 78.4 Å². The first-order valence-electron chi connectivity index (χ1n) is 8.17. The van der Waals surface area contributed by atoms with Crippen molar-refractivity contribution in [3.63, 3.8) is 0 Å². The smallest absolute Gasteiger partial charge is 0.0809 e. The Hall–Kier alpha value is -3.13. The van der Waals surface area contributed by atoms with Crippen LogP contribution in [0.15, 0.2) is 72.8 Å². The van der Waals surface area contributed by atoms with Crippen LogP contribution in [0.1, 0.15) is 5.56 Å². The second kappa shape index (κ2) is 4.93. The number of rotatable bonds is 1. The number of aromatic nitrogens is 2. The van der Waals surface area contributed by atoms with Crippen LogP contribution in [0.25, 0.3) is 44.0 Å². The largest absolute Gasteiger partial charge is 0.354 e. The Bertz CT molecular complexity index is 1200. The summed E-state index contributed by atoms with van der Waals surface area (Å²) in [7, 11) is 0. The summed E-state index contributed by atoms with van der Waals surface area (Å²) in [6, 6.07) is 25.4. The summed E-state index contributed by atoms with van der Waals surface area (Å²) in [5, 5.41) is 3.59. The van der Waals surface area contributed by atoms with E-state index in [9.17, 15) is 0 Å². The Kier molecular flexibility index (Phi) is 2.74. The van der Waals surface area contributed by atoms with Crippen LogP contribution in [-0.2, 0) is 0 Å². The molecule has 0 spiro atoms. The summed E-state index contributed by atoms with van der Waals surface area (Å²) in [5.74, 6) is 0. The third-order valence-corrected chi connectivity index (χ3v) is 4.67. The molecule has 5 rings (SSSR count). The molecule has 2 aromatic heterocycles. The maximum absolute atomic E-state index is 5.01. The molecule has 0 atom stereocenters. The van der Waals surface area contributed by atoms with Crippen LogP contribution in [0.2, 0.25) is 0 Å². The average Bonchev–Trinajstić information content (AvgIpc) is 3.02. The number of hydrogen-bond donors (Lipinski definition) is 1. The third kappa shape index (κ3) is 1.86. The molecule has 3 aromatic carbocycles. The number of pyridine rings is 1. The lowest BCUT2D eigenvalue weighted by atomic mass is 10.0. The van der Waals surface area contributed by atoms with Crippen LogP contribution in [0.3, 0.4) is 0 Å². The number of hydrogen-bond acceptors (Lipinski definition) is 1. The van der Waals surface area contributed by atoms with Gasteiger partial charge in [0.05, 0.1) is 16.7 Å². The molecule has 24 heavy (non-hydrogen) atoms. The van der Waals surface area contributed by atoms with E-state index in [4.69, 9.17) is 4.98 Å². The number of nitrogens with one attached hydrogen (secondary N) is 1. The van der Waals surface area contributed by atoms with E-state index in [0.29, 0.717) is 0 Å². The number of fused-ring (bicyclic) bond motifs is 5. The van der Waals surface area contributed by atoms with E-state index >= 15 is 0 Å². The van der Waals surface area contributed by atoms with E-state index in [1.807, 2.05) is 6.07 Å². The molecule has 0 saturated carbocycles. The van der Waals surface area contributed by atoms with Crippen molar-refractivity contribution in [2.45, 2.75) is 6.92 Å². The topological polar surface area (TPSA) is 28.7 Å². The van der Waals surface area contributed by atoms with E-state index in [0.717, 1.165) is 27.8 Å². The highest BCUT2D eigenvalue weighted by Gasteiger charge is 2.14. The molecule has 0 unspecified atom stereocenters. The average molecular weight is 308 g/mol. The lowest BCUT2D eigenvalue weighted by Gasteiger charge is -2.07. The Morgan fingerprint density at radius 2 is 1.46 bits per heavy atom. The van der Waals surface area contributed by atoms with Crippen molar-refractivity contribution in [1.82, 2.24) is 9.97 Å². The van der Waals surface area contributed by atoms with Crippen LogP contribution >= 0.6 is 0 Å². The minimum atomic E-state index is 1.02. The second-order valence-corrected chi connectivity index (χ2v) is 6.26. The number of aryl methyl sites for hydroxylation is 1. The summed E-state index contributed by atoms with van der Waals surface area (Å²) < 4.78 is 0. The van der Waals surface area contributed by atoms with Crippen LogP contribution in [0, 0.1) is 6.92 Å². The number of aromatic amines is 1. The molecule has 0 aliphatic carbocycles. The summed E-state index contributed by atoms with van der Waals surface area (Å²) >= 11 is 0. The Balaban J connectivity index is 2.01. The molecule has 1 N–H and O–H groups in total. The van der Waals surface area contributed by atoms with Gasteiger partial charge in [0.15, 0.2) is 0 Å². The summed E-state index contributed by atoms with van der Waals surface area (Å²) in [5.41, 5.74) is 6.79. The first-order chi connectivity index (χ1) is 11.8. The predicted molar refractivity (Wildman–Crippen MR) is 101 cm³/mol. The van der Waals surface area contributed by atoms with Crippen molar-refractivity contribution < 1.29 is 0 Å². The highest BCUT2D eigenvalue weighted by Crippen LogP contribution is 2.37. The second-order valence-electron chi connectivity index (χ2n) is 6.26. The fourth-order valence-corrected chi connectivity index (χ4v) is 3.47. The SMILES string of the molecule is Cc1ccc(-c2nc3ccccc3c3[nH]c4ccccc4c23)cc1. The Morgan fingerprint density at radius 3 is 2.29 bits per heavy atom. The zero-order valence-corrected chi connectivity index (χ0v) is 13.4. The van der Waals surface area contributed by atoms with Gasteiger partial charge in [-0.2, -0.15) is 0 Å². The third-order valence-electron chi connectivity index (χ3n) is 4.67. The Morgan fingerprint density at radius 1 is 0.750 bits per heavy atom. The maximum Gasteiger partial charge on any atom is 0.0809 e. The van der Waals surface area contributed by atoms with Gasteiger partial charge in [-0.05, 0) is 19.1 Å². The van der Waals surface area contributed by atoms with Gasteiger partial charge in [0.25, 0.3) is 0 Å². The van der Waals surface area contributed by atoms with Crippen LogP contribution in [0.4, 0.5) is 0 Å². The van der Waals surface area contributed by atoms with Crippen molar-refractivity contribution in [3.8, 4) is 11.3 Å². The molecule has 2 heteroatoms. The van der Waals surface area contributed by atoms with E-state index in [1.54, 1.807) is 0 Å². The lowest BCUT2D eigenvalue weighted by Crippen LogP contribution is -1.88. The predicted octanol–water partition coefficient (Wildman–Crippen LogP) is 5.84. The van der Waals surface area contributed by atoms with Crippen molar-refractivity contribution >= 4 is 32.7 Å². The standard InChI is InChI=1S/C22H16N2/c1-14-10-12-15(13-11-14)21-20-16-6-2-4-8-18(16)24-22(20)17-7-3-5-9-19(17)23-21/h2-13,24H,1H3. The number of benzene rings is 3. The molecule has 0 saturated heterocycles. The summed E-state index contributed by atoms with van der Waals surface area (Å²) in [4.78, 5) is 8.61. The Labute approximate surface area is 139 Å². The summed E-state index contributed by atoms with van der Waals surface area (Å²) in [6.07, 6.45) is 0. The summed E-state index contributed by atoms with van der Waals surface area (Å²) in [6.45, 7) is 2.11. The molecule has 0 bridgehead atoms. The first-order valence-corrected chi connectivity index (χ1v) is 8.17. The molecule has 0 aliphatic heterocycles. The maximum atomic E-state index is 5.01. The number of nitrogens with zero attached hydrogens (tertiary/aromatic N) is 1. The zero-order valence-electron chi connectivity index (χ0n) is 13.4. The van der Waals surface area contributed by atoms with E-state index in [1.165, 1.54) is 21.7 Å².